The Morgan fingerprint density at radius 3 is 2.68 bits per heavy atom. The summed E-state index contributed by atoms with van der Waals surface area (Å²) in [6, 6.07) is 17.7. The van der Waals surface area contributed by atoms with Crippen LogP contribution in [0.5, 0.6) is 0 Å². The van der Waals surface area contributed by atoms with Crippen LogP contribution in [0.1, 0.15) is 30.9 Å². The standard InChI is InChI=1S/C23H25N3O2/c1-2-25(15-17-8-4-3-5-9-17)23(28)21-12-13-22(27)26(21)16-18-14-24-20-11-7-6-10-19(18)20/h3-11,14,21,24H,2,12-13,15-16H2,1H3. The van der Waals surface area contributed by atoms with Crippen LogP contribution >= 0.6 is 0 Å². The zero-order valence-corrected chi connectivity index (χ0v) is 16.1. The van der Waals surface area contributed by atoms with Gasteiger partial charge in [0.25, 0.3) is 0 Å². The number of amides is 2. The highest BCUT2D eigenvalue weighted by Gasteiger charge is 2.38. The summed E-state index contributed by atoms with van der Waals surface area (Å²) in [5.41, 5.74) is 3.20. The molecule has 2 heterocycles. The molecule has 1 aromatic heterocycles. The number of nitrogens with one attached hydrogen (secondary N) is 1. The zero-order valence-electron chi connectivity index (χ0n) is 16.1. The second-order valence-electron chi connectivity index (χ2n) is 7.27. The van der Waals surface area contributed by atoms with Crippen molar-refractivity contribution in [3.63, 3.8) is 0 Å². The molecule has 144 valence electrons. The molecule has 2 aromatic carbocycles. The summed E-state index contributed by atoms with van der Waals surface area (Å²) in [5.74, 6) is 0.0939. The number of likely N-dealkylation sites (N-methyl/N-ethyl adjacent to an activating group) is 1. The summed E-state index contributed by atoms with van der Waals surface area (Å²) in [7, 11) is 0. The normalized spacial score (nSPS) is 16.7. The Kier molecular flexibility index (Phi) is 5.15. The molecule has 5 nitrogen and oxygen atoms in total. The summed E-state index contributed by atoms with van der Waals surface area (Å²) in [4.78, 5) is 32.7. The van der Waals surface area contributed by atoms with E-state index in [-0.39, 0.29) is 17.9 Å². The van der Waals surface area contributed by atoms with Gasteiger partial charge in [0.2, 0.25) is 11.8 Å². The molecule has 0 saturated carbocycles. The van der Waals surface area contributed by atoms with E-state index >= 15 is 0 Å². The van der Waals surface area contributed by atoms with Crippen molar-refractivity contribution in [2.75, 3.05) is 6.54 Å². The summed E-state index contributed by atoms with van der Waals surface area (Å²) < 4.78 is 0. The Hall–Kier alpha value is -3.08. The van der Waals surface area contributed by atoms with Crippen molar-refractivity contribution in [1.29, 1.82) is 0 Å². The lowest BCUT2D eigenvalue weighted by Crippen LogP contribution is -2.46. The van der Waals surface area contributed by atoms with E-state index in [9.17, 15) is 9.59 Å². The molecule has 5 heteroatoms. The number of benzene rings is 2. The van der Waals surface area contributed by atoms with E-state index in [1.807, 2.05) is 72.6 Å². The maximum absolute atomic E-state index is 13.3. The maximum atomic E-state index is 13.3. The lowest BCUT2D eigenvalue weighted by molar-refractivity contribution is -0.142. The highest BCUT2D eigenvalue weighted by atomic mass is 16.2. The molecule has 1 unspecified atom stereocenters. The topological polar surface area (TPSA) is 56.4 Å². The molecule has 1 saturated heterocycles. The number of aromatic amines is 1. The molecule has 0 bridgehead atoms. The van der Waals surface area contributed by atoms with Gasteiger partial charge in [-0.25, -0.2) is 0 Å². The van der Waals surface area contributed by atoms with Crippen LogP contribution in [-0.2, 0) is 22.7 Å². The number of likely N-dealkylation sites (tertiary alicyclic amines) is 1. The van der Waals surface area contributed by atoms with E-state index in [1.54, 1.807) is 4.90 Å². The Bertz CT molecular complexity index is 980. The minimum absolute atomic E-state index is 0.0389. The molecule has 1 aliphatic rings. The fraction of sp³-hybridized carbons (Fsp3) is 0.304. The van der Waals surface area contributed by atoms with Crippen molar-refractivity contribution in [3.8, 4) is 0 Å². The van der Waals surface area contributed by atoms with Crippen LogP contribution in [0.3, 0.4) is 0 Å². The fourth-order valence-electron chi connectivity index (χ4n) is 3.99. The van der Waals surface area contributed by atoms with Crippen molar-refractivity contribution in [3.05, 3.63) is 71.9 Å². The molecule has 0 spiro atoms. The first-order valence-corrected chi connectivity index (χ1v) is 9.84. The molecule has 0 radical (unpaired) electrons. The fourth-order valence-corrected chi connectivity index (χ4v) is 3.99. The zero-order chi connectivity index (χ0) is 19.5. The van der Waals surface area contributed by atoms with Gasteiger partial charge in [-0.05, 0) is 30.5 Å². The minimum Gasteiger partial charge on any atom is -0.361 e. The Labute approximate surface area is 165 Å². The summed E-state index contributed by atoms with van der Waals surface area (Å²) in [6.45, 7) is 3.64. The molecule has 1 fully saturated rings. The number of hydrogen-bond acceptors (Lipinski definition) is 2. The van der Waals surface area contributed by atoms with E-state index in [0.29, 0.717) is 32.5 Å². The lowest BCUT2D eigenvalue weighted by Gasteiger charge is -2.30. The molecule has 1 N–H and O–H groups in total. The van der Waals surface area contributed by atoms with Crippen LogP contribution in [0.25, 0.3) is 10.9 Å². The molecule has 28 heavy (non-hydrogen) atoms. The predicted octanol–water partition coefficient (Wildman–Crippen LogP) is 3.71. The smallest absolute Gasteiger partial charge is 0.245 e. The van der Waals surface area contributed by atoms with Crippen molar-refractivity contribution in [2.45, 2.75) is 38.9 Å². The monoisotopic (exact) mass is 375 g/mol. The van der Waals surface area contributed by atoms with Crippen molar-refractivity contribution < 1.29 is 9.59 Å². The molecular weight excluding hydrogens is 350 g/mol. The predicted molar refractivity (Wildman–Crippen MR) is 109 cm³/mol. The minimum atomic E-state index is -0.384. The average Bonchev–Trinajstić information content (AvgIpc) is 3.31. The van der Waals surface area contributed by atoms with Crippen molar-refractivity contribution in [1.82, 2.24) is 14.8 Å². The van der Waals surface area contributed by atoms with Gasteiger partial charge in [-0.2, -0.15) is 0 Å². The van der Waals surface area contributed by atoms with Crippen LogP contribution < -0.4 is 0 Å². The van der Waals surface area contributed by atoms with Crippen LogP contribution in [0.15, 0.2) is 60.8 Å². The number of rotatable bonds is 6. The maximum Gasteiger partial charge on any atom is 0.245 e. The third kappa shape index (κ3) is 3.52. The van der Waals surface area contributed by atoms with Crippen LogP contribution in [0.4, 0.5) is 0 Å². The number of para-hydroxylation sites is 1. The quantitative estimate of drug-likeness (QED) is 0.714. The molecule has 3 aromatic rings. The van der Waals surface area contributed by atoms with Gasteiger partial charge >= 0.3 is 0 Å². The highest BCUT2D eigenvalue weighted by molar-refractivity contribution is 5.91. The van der Waals surface area contributed by atoms with Gasteiger partial charge in [0.1, 0.15) is 6.04 Å². The van der Waals surface area contributed by atoms with E-state index in [2.05, 4.69) is 4.98 Å². The Morgan fingerprint density at radius 1 is 1.14 bits per heavy atom. The SMILES string of the molecule is CCN(Cc1ccccc1)C(=O)C1CCC(=O)N1Cc1c[nH]c2ccccc12. The third-order valence-electron chi connectivity index (χ3n) is 5.54. The molecule has 1 aliphatic heterocycles. The first kappa shape index (κ1) is 18.3. The molecule has 4 rings (SSSR count). The van der Waals surface area contributed by atoms with Gasteiger partial charge in [-0.3, -0.25) is 9.59 Å². The molecule has 0 aliphatic carbocycles. The van der Waals surface area contributed by atoms with E-state index in [0.717, 1.165) is 22.0 Å². The number of fused-ring (bicyclic) bond motifs is 1. The van der Waals surface area contributed by atoms with Crippen LogP contribution in [0.2, 0.25) is 0 Å². The van der Waals surface area contributed by atoms with Gasteiger partial charge in [-0.15, -0.1) is 0 Å². The molecular formula is C23H25N3O2. The van der Waals surface area contributed by atoms with Gasteiger partial charge in [0, 0.05) is 43.2 Å². The second kappa shape index (κ2) is 7.89. The first-order chi connectivity index (χ1) is 13.7. The second-order valence-corrected chi connectivity index (χ2v) is 7.27. The number of nitrogens with zero attached hydrogens (tertiary/aromatic N) is 2. The van der Waals surface area contributed by atoms with E-state index in [1.165, 1.54) is 0 Å². The largest absolute Gasteiger partial charge is 0.361 e. The first-order valence-electron chi connectivity index (χ1n) is 9.84. The number of H-pyrrole nitrogens is 1. The average molecular weight is 375 g/mol. The van der Waals surface area contributed by atoms with Gasteiger partial charge < -0.3 is 14.8 Å². The number of hydrogen-bond donors (Lipinski definition) is 1. The van der Waals surface area contributed by atoms with E-state index < -0.39 is 0 Å². The van der Waals surface area contributed by atoms with Gasteiger partial charge in [0.05, 0.1) is 0 Å². The summed E-state index contributed by atoms with van der Waals surface area (Å²) in [5, 5.41) is 1.10. The van der Waals surface area contributed by atoms with Crippen LogP contribution in [0, 0.1) is 0 Å². The Balaban J connectivity index is 1.54. The van der Waals surface area contributed by atoms with Gasteiger partial charge in [-0.1, -0.05) is 48.5 Å². The van der Waals surface area contributed by atoms with Crippen LogP contribution in [-0.4, -0.2) is 39.2 Å². The highest BCUT2D eigenvalue weighted by Crippen LogP contribution is 2.27. The number of carbonyl (C=O) groups is 2. The Morgan fingerprint density at radius 2 is 1.89 bits per heavy atom. The van der Waals surface area contributed by atoms with Crippen molar-refractivity contribution >= 4 is 22.7 Å². The van der Waals surface area contributed by atoms with E-state index in [4.69, 9.17) is 0 Å². The lowest BCUT2D eigenvalue weighted by atomic mass is 10.1. The molecule has 2 amide bonds. The third-order valence-corrected chi connectivity index (χ3v) is 5.54. The number of carbonyl (C=O) groups excluding carboxylic acids is 2. The summed E-state index contributed by atoms with van der Waals surface area (Å²) >= 11 is 0. The number of aromatic nitrogens is 1. The van der Waals surface area contributed by atoms with Gasteiger partial charge in [0.15, 0.2) is 0 Å². The molecule has 1 atom stereocenters. The summed E-state index contributed by atoms with van der Waals surface area (Å²) in [6.07, 6.45) is 2.96. The van der Waals surface area contributed by atoms with Crippen molar-refractivity contribution in [2.24, 2.45) is 0 Å².